The van der Waals surface area contributed by atoms with Gasteiger partial charge in [0.25, 0.3) is 5.56 Å². The van der Waals surface area contributed by atoms with E-state index >= 15 is 0 Å². The predicted octanol–water partition coefficient (Wildman–Crippen LogP) is 5.11. The third-order valence-electron chi connectivity index (χ3n) is 4.59. The van der Waals surface area contributed by atoms with Crippen LogP contribution >= 0.6 is 22.9 Å². The normalized spacial score (nSPS) is 10.7. The quantitative estimate of drug-likeness (QED) is 0.415. The number of pyridine rings is 1. The number of carbonyl (C=O) groups excluding carboxylic acids is 1. The Bertz CT molecular complexity index is 1400. The molecule has 0 unspecified atom stereocenters. The number of rotatable bonds is 3. The smallest absolute Gasteiger partial charge is 0.270 e. The number of H-pyrrole nitrogens is 1. The summed E-state index contributed by atoms with van der Waals surface area (Å²) in [4.78, 5) is 26.2. The number of nitriles is 1. The molecule has 0 bridgehead atoms. The fourth-order valence-corrected chi connectivity index (χ4v) is 4.67. The lowest BCUT2D eigenvalue weighted by Crippen LogP contribution is -2.09. The summed E-state index contributed by atoms with van der Waals surface area (Å²) in [5.74, 6) is -0.516. The molecule has 3 N–H and O–H groups in total. The van der Waals surface area contributed by atoms with Crippen molar-refractivity contribution in [3.05, 3.63) is 68.8 Å². The van der Waals surface area contributed by atoms with E-state index < -0.39 is 5.56 Å². The van der Waals surface area contributed by atoms with Gasteiger partial charge in [0.05, 0.1) is 5.39 Å². The number of amides is 1. The lowest BCUT2D eigenvalue weighted by atomic mass is 9.99. The third-order valence-corrected chi connectivity index (χ3v) is 5.91. The molecule has 0 aliphatic carbocycles. The zero-order valence-corrected chi connectivity index (χ0v) is 17.2. The van der Waals surface area contributed by atoms with Crippen molar-refractivity contribution in [1.82, 2.24) is 4.98 Å². The summed E-state index contributed by atoms with van der Waals surface area (Å²) >= 11 is 7.54. The molecule has 0 saturated heterocycles. The first-order chi connectivity index (χ1) is 14.4. The molecule has 6 nitrogen and oxygen atoms in total. The molecular weight excluding hydrogens is 422 g/mol. The Kier molecular flexibility index (Phi) is 5.04. The van der Waals surface area contributed by atoms with Crippen LogP contribution in [0.1, 0.15) is 12.5 Å². The number of hydrogen-bond acceptors (Lipinski definition) is 5. The Labute approximate surface area is 180 Å². The number of nitrogens with zero attached hydrogens (tertiary/aromatic N) is 1. The van der Waals surface area contributed by atoms with Crippen molar-refractivity contribution in [3.63, 3.8) is 0 Å². The van der Waals surface area contributed by atoms with Crippen molar-refractivity contribution in [2.75, 3.05) is 5.32 Å². The van der Waals surface area contributed by atoms with Gasteiger partial charge < -0.3 is 15.4 Å². The van der Waals surface area contributed by atoms with Gasteiger partial charge in [-0.2, -0.15) is 5.26 Å². The van der Waals surface area contributed by atoms with E-state index in [1.54, 1.807) is 6.07 Å². The summed E-state index contributed by atoms with van der Waals surface area (Å²) in [7, 11) is 0. The second-order valence-corrected chi connectivity index (χ2v) is 8.21. The monoisotopic (exact) mass is 435 g/mol. The Morgan fingerprint density at radius 3 is 2.53 bits per heavy atom. The zero-order chi connectivity index (χ0) is 21.4. The van der Waals surface area contributed by atoms with Crippen LogP contribution in [0.3, 0.4) is 0 Å². The van der Waals surface area contributed by atoms with Crippen molar-refractivity contribution >= 4 is 44.7 Å². The number of aromatic amines is 1. The van der Waals surface area contributed by atoms with Gasteiger partial charge in [0.15, 0.2) is 5.56 Å². The molecule has 30 heavy (non-hydrogen) atoms. The molecule has 0 aliphatic heterocycles. The third kappa shape index (κ3) is 3.43. The van der Waals surface area contributed by atoms with Crippen LogP contribution in [0.25, 0.3) is 32.5 Å². The molecule has 8 heteroatoms. The van der Waals surface area contributed by atoms with Crippen molar-refractivity contribution in [2.45, 2.75) is 6.92 Å². The van der Waals surface area contributed by atoms with E-state index in [-0.39, 0.29) is 17.2 Å². The standard InChI is InChI=1S/C22H14ClN3O3S/c1-11(27)25-15-4-2-3-14(9-15)12-5-7-13(8-6-12)17-18-19(28)16(10-24)21(29)26-22(18)30-20(17)23/h2-9H,1H3,(H,25,27)(H2,26,28,29). The molecule has 0 aliphatic rings. The van der Waals surface area contributed by atoms with E-state index in [1.807, 2.05) is 48.5 Å². The number of aromatic hydroxyl groups is 1. The van der Waals surface area contributed by atoms with Crippen molar-refractivity contribution in [2.24, 2.45) is 0 Å². The molecular formula is C22H14ClN3O3S. The van der Waals surface area contributed by atoms with Crippen molar-refractivity contribution in [1.29, 1.82) is 5.26 Å². The van der Waals surface area contributed by atoms with Gasteiger partial charge >= 0.3 is 0 Å². The lowest BCUT2D eigenvalue weighted by Gasteiger charge is -2.08. The number of halogens is 1. The minimum Gasteiger partial charge on any atom is -0.506 e. The summed E-state index contributed by atoms with van der Waals surface area (Å²) in [6, 6.07) is 16.7. The molecule has 2 aromatic heterocycles. The number of anilines is 1. The second-order valence-electron chi connectivity index (χ2n) is 6.58. The van der Waals surface area contributed by atoms with E-state index in [1.165, 1.54) is 6.92 Å². The van der Waals surface area contributed by atoms with Gasteiger partial charge in [-0.1, -0.05) is 48.0 Å². The predicted molar refractivity (Wildman–Crippen MR) is 119 cm³/mol. The fourth-order valence-electron chi connectivity index (χ4n) is 3.29. The number of thiophene rings is 1. The van der Waals surface area contributed by atoms with Crippen LogP contribution in [0.4, 0.5) is 5.69 Å². The molecule has 4 rings (SSSR count). The highest BCUT2D eigenvalue weighted by Gasteiger charge is 2.21. The van der Waals surface area contributed by atoms with Gasteiger partial charge in [-0.15, -0.1) is 11.3 Å². The average Bonchev–Trinajstić information content (AvgIpc) is 3.04. The van der Waals surface area contributed by atoms with Gasteiger partial charge in [0.2, 0.25) is 5.91 Å². The molecule has 0 radical (unpaired) electrons. The number of carbonyl (C=O) groups is 1. The van der Waals surface area contributed by atoms with E-state index in [0.29, 0.717) is 25.8 Å². The minimum absolute atomic E-state index is 0.143. The molecule has 0 atom stereocenters. The Morgan fingerprint density at radius 2 is 1.87 bits per heavy atom. The lowest BCUT2D eigenvalue weighted by molar-refractivity contribution is -0.114. The van der Waals surface area contributed by atoms with Crippen molar-refractivity contribution in [3.8, 4) is 34.1 Å². The maximum atomic E-state index is 11.9. The summed E-state index contributed by atoms with van der Waals surface area (Å²) in [6.45, 7) is 1.46. The average molecular weight is 436 g/mol. The molecule has 2 heterocycles. The van der Waals surface area contributed by atoms with Crippen LogP contribution in [0, 0.1) is 11.3 Å². The first-order valence-corrected chi connectivity index (χ1v) is 10.0. The highest BCUT2D eigenvalue weighted by Crippen LogP contribution is 2.45. The largest absolute Gasteiger partial charge is 0.506 e. The first-order valence-electron chi connectivity index (χ1n) is 8.85. The maximum absolute atomic E-state index is 11.9. The topological polar surface area (TPSA) is 106 Å². The second kappa shape index (κ2) is 7.67. The fraction of sp³-hybridized carbons (Fsp3) is 0.0455. The number of aromatic nitrogens is 1. The molecule has 4 aromatic rings. The summed E-state index contributed by atoms with van der Waals surface area (Å²) in [6.07, 6.45) is 0. The molecule has 148 valence electrons. The highest BCUT2D eigenvalue weighted by molar-refractivity contribution is 7.23. The highest BCUT2D eigenvalue weighted by atomic mass is 35.5. The van der Waals surface area contributed by atoms with Gasteiger partial charge in [0.1, 0.15) is 21.0 Å². The number of fused-ring (bicyclic) bond motifs is 1. The molecule has 2 aromatic carbocycles. The molecule has 0 saturated carbocycles. The summed E-state index contributed by atoms with van der Waals surface area (Å²) < 4.78 is 0.395. The Balaban J connectivity index is 1.80. The zero-order valence-electron chi connectivity index (χ0n) is 15.6. The molecule has 1 amide bonds. The van der Waals surface area contributed by atoms with E-state index in [2.05, 4.69) is 10.3 Å². The van der Waals surface area contributed by atoms with Crippen LogP contribution in [0.2, 0.25) is 4.34 Å². The maximum Gasteiger partial charge on any atom is 0.270 e. The van der Waals surface area contributed by atoms with Crippen LogP contribution in [0.15, 0.2) is 53.3 Å². The van der Waals surface area contributed by atoms with E-state index in [0.717, 1.165) is 28.0 Å². The van der Waals surface area contributed by atoms with E-state index in [9.17, 15) is 20.0 Å². The Hall–Kier alpha value is -3.60. The van der Waals surface area contributed by atoms with Crippen LogP contribution < -0.4 is 10.9 Å². The summed E-state index contributed by atoms with van der Waals surface area (Å²) in [5.41, 5.74) is 2.85. The molecule has 0 fully saturated rings. The van der Waals surface area contributed by atoms with Crippen LogP contribution in [-0.2, 0) is 4.79 Å². The number of nitrogens with one attached hydrogen (secondary N) is 2. The minimum atomic E-state index is -0.652. The van der Waals surface area contributed by atoms with Crippen LogP contribution in [-0.4, -0.2) is 16.0 Å². The van der Waals surface area contributed by atoms with Crippen molar-refractivity contribution < 1.29 is 9.90 Å². The number of hydrogen-bond donors (Lipinski definition) is 3. The van der Waals surface area contributed by atoms with Gasteiger partial charge in [-0.05, 0) is 28.8 Å². The van der Waals surface area contributed by atoms with Crippen LogP contribution in [0.5, 0.6) is 5.75 Å². The molecule has 0 spiro atoms. The number of benzene rings is 2. The SMILES string of the molecule is CC(=O)Nc1cccc(-c2ccc(-c3c(Cl)sc4[nH]c(=O)c(C#N)c(O)c34)cc2)c1. The van der Waals surface area contributed by atoms with E-state index in [4.69, 9.17) is 11.6 Å². The first kappa shape index (κ1) is 19.7. The summed E-state index contributed by atoms with van der Waals surface area (Å²) in [5, 5.41) is 22.8. The van der Waals surface area contributed by atoms with Gasteiger partial charge in [0, 0.05) is 18.2 Å². The van der Waals surface area contributed by atoms with Gasteiger partial charge in [-0.3, -0.25) is 9.59 Å². The Morgan fingerprint density at radius 1 is 1.17 bits per heavy atom. The van der Waals surface area contributed by atoms with Gasteiger partial charge in [-0.25, -0.2) is 0 Å².